The van der Waals surface area contributed by atoms with Crippen LogP contribution in [0.25, 0.3) is 0 Å². The molecule has 0 aromatic rings. The zero-order valence-corrected chi connectivity index (χ0v) is 41.4. The number of allylic oxidation sites excluding steroid dienone is 4. The van der Waals surface area contributed by atoms with Crippen LogP contribution < -0.4 is 5.32 Å². The number of aliphatic hydroxyl groups excluding tert-OH is 4. The summed E-state index contributed by atoms with van der Waals surface area (Å²) in [4.78, 5) is 41.5. The van der Waals surface area contributed by atoms with Gasteiger partial charge in [-0.2, -0.15) is 0 Å². The predicted molar refractivity (Wildman–Crippen MR) is 243 cm³/mol. The number of nitrogens with zero attached hydrogens (tertiary/aromatic N) is 1. The highest BCUT2D eigenvalue weighted by Gasteiger charge is 2.77. The third-order valence-electron chi connectivity index (χ3n) is 17.6. The number of hydrogen-bond acceptors (Lipinski definition) is 14. The molecule has 0 bridgehead atoms. The molecular weight excluding hydrogens is 859 g/mol. The molecule has 1 saturated heterocycles. The van der Waals surface area contributed by atoms with E-state index in [1.807, 2.05) is 25.7 Å². The van der Waals surface area contributed by atoms with E-state index < -0.39 is 124 Å². The summed E-state index contributed by atoms with van der Waals surface area (Å²) in [5.74, 6) is -5.73. The lowest BCUT2D eigenvalue weighted by molar-refractivity contribution is -0.253. The first-order valence-electron chi connectivity index (χ1n) is 24.4. The lowest BCUT2D eigenvalue weighted by Crippen LogP contribution is -2.71. The van der Waals surface area contributed by atoms with Crippen LogP contribution in [0, 0.1) is 46.3 Å². The minimum Gasteiger partial charge on any atom is -0.459 e. The molecule has 5 rings (SSSR count). The molecule has 20 atom stereocenters. The Hall–Kier alpha value is -2.41. The molecule has 66 heavy (non-hydrogen) atoms. The van der Waals surface area contributed by atoms with Crippen molar-refractivity contribution in [2.24, 2.45) is 46.3 Å². The van der Waals surface area contributed by atoms with Crippen molar-refractivity contribution in [1.82, 2.24) is 10.2 Å². The van der Waals surface area contributed by atoms with E-state index in [9.17, 15) is 45.0 Å². The van der Waals surface area contributed by atoms with Gasteiger partial charge in [0.15, 0.2) is 11.5 Å². The van der Waals surface area contributed by atoms with Gasteiger partial charge in [0.1, 0.15) is 29.6 Å². The van der Waals surface area contributed by atoms with E-state index >= 15 is 8.78 Å². The number of carbonyl (C=O) groups is 3. The summed E-state index contributed by atoms with van der Waals surface area (Å²) < 4.78 is 52.1. The standard InChI is InChI=1S/C50H82F2N2O12/c1-13-39-48(11,63)43(60)31(6)54(26-27(2)24-47(10,62)42(59)29(4)41(58)30(5)44(61)65-39)20-14-18-53-19-16-40(57)66-50(32(7)64-12)28(3)21-34-35-23-37(51)36-22-33(55)15-17-45(36,8)49(35,52)38(56)25-46(34,50)9/h15,17,22,27-32,34-35,37-39,41-43,53,56,58-60,62-63H,13-14,16,18-21,23-26H2,1-12H3/t27-,28+,29+,30-,31-,32?,34?,35?,37-,38-,39-,41-,42-,43-,45-,46-,47+,48+,49-,50-/m0/s1. The lowest BCUT2D eigenvalue weighted by atomic mass is 9.44. The topological polar surface area (TPSA) is 216 Å². The van der Waals surface area contributed by atoms with Crippen molar-refractivity contribution in [2.75, 3.05) is 33.3 Å². The van der Waals surface area contributed by atoms with Gasteiger partial charge < -0.3 is 50.2 Å². The van der Waals surface area contributed by atoms with Crippen molar-refractivity contribution >= 4 is 17.7 Å². The third kappa shape index (κ3) is 9.34. The van der Waals surface area contributed by atoms with Crippen LogP contribution in [0.2, 0.25) is 0 Å². The molecule has 0 aromatic carbocycles. The second-order valence-corrected chi connectivity index (χ2v) is 22.0. The average molecular weight is 941 g/mol. The molecule has 1 aliphatic heterocycles. The van der Waals surface area contributed by atoms with Crippen molar-refractivity contribution in [3.8, 4) is 0 Å². The molecule has 378 valence electrons. The van der Waals surface area contributed by atoms with Gasteiger partial charge in [-0.15, -0.1) is 0 Å². The zero-order chi connectivity index (χ0) is 49.7. The maximum atomic E-state index is 17.9. The predicted octanol–water partition coefficient (Wildman–Crippen LogP) is 4.15. The maximum absolute atomic E-state index is 17.9. The summed E-state index contributed by atoms with van der Waals surface area (Å²) in [7, 11) is 1.52. The van der Waals surface area contributed by atoms with E-state index in [0.717, 1.165) is 0 Å². The third-order valence-corrected chi connectivity index (χ3v) is 17.6. The molecule has 14 nitrogen and oxygen atoms in total. The highest BCUT2D eigenvalue weighted by molar-refractivity contribution is 6.01. The monoisotopic (exact) mass is 941 g/mol. The molecular formula is C50H82F2N2O12. The fourth-order valence-corrected chi connectivity index (χ4v) is 13.7. The second kappa shape index (κ2) is 20.1. The van der Waals surface area contributed by atoms with Gasteiger partial charge in [0.05, 0.1) is 42.4 Å². The number of halogens is 2. The van der Waals surface area contributed by atoms with Gasteiger partial charge in [0, 0.05) is 48.9 Å². The van der Waals surface area contributed by atoms with Crippen LogP contribution in [0.4, 0.5) is 8.78 Å². The molecule has 4 aliphatic carbocycles. The molecule has 16 heteroatoms. The molecule has 0 radical (unpaired) electrons. The summed E-state index contributed by atoms with van der Waals surface area (Å²) in [6.45, 7) is 20.0. The number of nitrogens with one attached hydrogen (secondary N) is 1. The number of carbonyl (C=O) groups excluding carboxylic acids is 3. The molecule has 4 fully saturated rings. The van der Waals surface area contributed by atoms with Crippen LogP contribution in [-0.4, -0.2) is 158 Å². The van der Waals surface area contributed by atoms with Gasteiger partial charge in [-0.3, -0.25) is 19.3 Å². The lowest BCUT2D eigenvalue weighted by Gasteiger charge is -2.64. The van der Waals surface area contributed by atoms with Crippen molar-refractivity contribution < 1.29 is 68.0 Å². The quantitative estimate of drug-likeness (QED) is 0.115. The summed E-state index contributed by atoms with van der Waals surface area (Å²) in [6, 6.07) is -0.667. The number of cyclic esters (lactones) is 1. The Balaban J connectivity index is 1.27. The Morgan fingerprint density at radius 3 is 2.26 bits per heavy atom. The van der Waals surface area contributed by atoms with E-state index in [2.05, 4.69) is 5.32 Å². The Morgan fingerprint density at radius 2 is 1.64 bits per heavy atom. The number of methoxy groups -OCH3 is 1. The van der Waals surface area contributed by atoms with Gasteiger partial charge in [-0.1, -0.05) is 40.7 Å². The summed E-state index contributed by atoms with van der Waals surface area (Å²) in [5, 5.41) is 72.5. The first kappa shape index (κ1) is 54.5. The zero-order valence-electron chi connectivity index (χ0n) is 41.4. The van der Waals surface area contributed by atoms with Gasteiger partial charge in [0.2, 0.25) is 0 Å². The number of ketones is 1. The molecule has 1 heterocycles. The van der Waals surface area contributed by atoms with E-state index in [1.165, 1.54) is 46.1 Å². The van der Waals surface area contributed by atoms with Crippen molar-refractivity contribution in [3.05, 3.63) is 23.8 Å². The number of alkyl halides is 2. The number of aliphatic hydroxyl groups is 6. The summed E-state index contributed by atoms with van der Waals surface area (Å²) in [5.41, 5.74) is -9.57. The van der Waals surface area contributed by atoms with Crippen LogP contribution in [0.3, 0.4) is 0 Å². The maximum Gasteiger partial charge on any atom is 0.311 e. The highest BCUT2D eigenvalue weighted by atomic mass is 19.1. The SMILES string of the molecule is CC[C@@H]1OC(=O)[C@@H](C)[C@@H](O)[C@@H](C)[C@H](O)[C@](C)(O)C[C@H](C)CN(CCCNCCC(=O)O[C@]2(C(C)OC)[C@H](C)CC3C4C[C@H](F)C5=CC(=O)C=C[C@]5(C)[C@@]4(F)[C@@H](O)C[C@@]32C)[C@@H](C)[C@H](O)[C@]1(C)O. The molecule has 5 aliphatic rings. The highest BCUT2D eigenvalue weighted by Crippen LogP contribution is 2.72. The Morgan fingerprint density at radius 1 is 0.985 bits per heavy atom. The van der Waals surface area contributed by atoms with Crippen LogP contribution in [0.5, 0.6) is 0 Å². The largest absolute Gasteiger partial charge is 0.459 e. The van der Waals surface area contributed by atoms with Crippen LogP contribution in [0.15, 0.2) is 23.8 Å². The van der Waals surface area contributed by atoms with E-state index in [4.69, 9.17) is 14.2 Å². The molecule has 0 spiro atoms. The van der Waals surface area contributed by atoms with Gasteiger partial charge in [-0.05, 0) is 129 Å². The number of esters is 2. The van der Waals surface area contributed by atoms with Crippen molar-refractivity contribution in [1.29, 1.82) is 0 Å². The molecule has 0 amide bonds. The van der Waals surface area contributed by atoms with E-state index in [-0.39, 0.29) is 56.1 Å². The van der Waals surface area contributed by atoms with E-state index in [0.29, 0.717) is 32.5 Å². The van der Waals surface area contributed by atoms with Crippen LogP contribution in [0.1, 0.15) is 121 Å². The summed E-state index contributed by atoms with van der Waals surface area (Å²) in [6.07, 6.45) is -4.31. The Kier molecular flexibility index (Phi) is 16.6. The number of hydrogen-bond donors (Lipinski definition) is 7. The molecule has 7 N–H and O–H groups in total. The second-order valence-electron chi connectivity index (χ2n) is 22.0. The number of rotatable bonds is 11. The Labute approximate surface area is 390 Å². The van der Waals surface area contributed by atoms with Crippen LogP contribution in [-0.2, 0) is 28.6 Å². The van der Waals surface area contributed by atoms with Gasteiger partial charge in [-0.25, -0.2) is 8.78 Å². The van der Waals surface area contributed by atoms with Gasteiger partial charge in [0.25, 0.3) is 0 Å². The minimum absolute atomic E-state index is 0.0265. The first-order valence-corrected chi connectivity index (χ1v) is 24.4. The Bertz CT molecular complexity index is 1810. The average Bonchev–Trinajstić information content (AvgIpc) is 3.47. The fourth-order valence-electron chi connectivity index (χ4n) is 13.7. The molecule has 3 saturated carbocycles. The summed E-state index contributed by atoms with van der Waals surface area (Å²) >= 11 is 0. The molecule has 3 unspecified atom stereocenters. The van der Waals surface area contributed by atoms with Crippen LogP contribution >= 0.6 is 0 Å². The normalized spacial score (nSPS) is 47.6. The fraction of sp³-hybridized carbons (Fsp3) is 0.860. The molecule has 0 aromatic heterocycles. The minimum atomic E-state index is -2.27. The van der Waals surface area contributed by atoms with Crippen molar-refractivity contribution in [3.63, 3.8) is 0 Å². The first-order chi connectivity index (χ1) is 30.5. The van der Waals surface area contributed by atoms with Crippen molar-refractivity contribution in [2.45, 2.75) is 192 Å². The van der Waals surface area contributed by atoms with Gasteiger partial charge >= 0.3 is 11.9 Å². The smallest absolute Gasteiger partial charge is 0.311 e. The number of fused-ring (bicyclic) bond motifs is 5. The van der Waals surface area contributed by atoms with E-state index in [1.54, 1.807) is 34.6 Å². The number of ether oxygens (including phenoxy) is 3.